The van der Waals surface area contributed by atoms with Crippen LogP contribution in [0.5, 0.6) is 17.4 Å². The van der Waals surface area contributed by atoms with Gasteiger partial charge in [0.1, 0.15) is 16.5 Å². The van der Waals surface area contributed by atoms with Crippen molar-refractivity contribution in [2.45, 2.75) is 45.1 Å². The molecule has 0 unspecified atom stereocenters. The number of carbonyl (C=O) groups is 1. The second-order valence-corrected chi connectivity index (χ2v) is 8.02. The van der Waals surface area contributed by atoms with Crippen LogP contribution < -0.4 is 9.47 Å². The van der Waals surface area contributed by atoms with Gasteiger partial charge in [-0.05, 0) is 38.0 Å². The summed E-state index contributed by atoms with van der Waals surface area (Å²) in [4.78, 5) is 15.5. The summed E-state index contributed by atoms with van der Waals surface area (Å²) < 4.78 is 66.4. The summed E-state index contributed by atoms with van der Waals surface area (Å²) in [5.41, 5.74) is -0.387. The third kappa shape index (κ3) is 7.22. The van der Waals surface area contributed by atoms with Crippen molar-refractivity contribution in [3.05, 3.63) is 46.6 Å². The van der Waals surface area contributed by atoms with E-state index in [1.54, 1.807) is 25.1 Å². The van der Waals surface area contributed by atoms with Crippen LogP contribution in [0.3, 0.4) is 0 Å². The van der Waals surface area contributed by atoms with E-state index in [-0.39, 0.29) is 48.7 Å². The minimum absolute atomic E-state index is 0.0889. The Labute approximate surface area is 200 Å². The number of hydrogen-bond donors (Lipinski definition) is 0. The van der Waals surface area contributed by atoms with E-state index >= 15 is 0 Å². The molecule has 1 aliphatic rings. The number of hydrogen-bond acceptors (Lipinski definition) is 7. The molecule has 34 heavy (non-hydrogen) atoms. The highest BCUT2D eigenvalue weighted by Crippen LogP contribution is 2.37. The summed E-state index contributed by atoms with van der Waals surface area (Å²) in [6.45, 7) is 5.12. The molecule has 3 rings (SSSR count). The van der Waals surface area contributed by atoms with Crippen LogP contribution >= 0.6 is 11.6 Å². The maximum absolute atomic E-state index is 12.9. The Morgan fingerprint density at radius 2 is 1.97 bits per heavy atom. The SMILES string of the molecule is CCOC(=O)CCc1ccc(OCCC2(C)OCCO2)cc1Oc1ncc(C(F)(F)F)cc1Cl. The molecule has 1 aromatic carbocycles. The molecule has 0 spiro atoms. The van der Waals surface area contributed by atoms with Crippen molar-refractivity contribution >= 4 is 17.6 Å². The molecule has 11 heteroatoms. The second-order valence-electron chi connectivity index (χ2n) is 7.61. The smallest absolute Gasteiger partial charge is 0.417 e. The molecule has 2 aromatic rings. The van der Waals surface area contributed by atoms with E-state index in [1.165, 1.54) is 0 Å². The molecular formula is C23H25ClF3NO6. The topological polar surface area (TPSA) is 76.1 Å². The minimum atomic E-state index is -4.59. The first kappa shape index (κ1) is 26.1. The number of halogens is 4. The summed E-state index contributed by atoms with van der Waals surface area (Å²) in [6, 6.07) is 5.71. The maximum atomic E-state index is 12.9. The van der Waals surface area contributed by atoms with Crippen LogP contribution in [0.4, 0.5) is 13.2 Å². The largest absolute Gasteiger partial charge is 0.493 e. The lowest BCUT2D eigenvalue weighted by Gasteiger charge is -2.22. The third-order valence-corrected chi connectivity index (χ3v) is 5.28. The molecule has 7 nitrogen and oxygen atoms in total. The van der Waals surface area contributed by atoms with Gasteiger partial charge in [-0.3, -0.25) is 4.79 Å². The summed E-state index contributed by atoms with van der Waals surface area (Å²) >= 11 is 6.00. The first-order valence-corrected chi connectivity index (χ1v) is 11.1. The molecule has 0 N–H and O–H groups in total. The number of aryl methyl sites for hydroxylation is 1. The Balaban J connectivity index is 1.77. The lowest BCUT2D eigenvalue weighted by Crippen LogP contribution is -2.27. The average molecular weight is 504 g/mol. The molecule has 1 saturated heterocycles. The summed E-state index contributed by atoms with van der Waals surface area (Å²) in [7, 11) is 0. The number of aromatic nitrogens is 1. The molecular weight excluding hydrogens is 479 g/mol. The van der Waals surface area contributed by atoms with E-state index in [2.05, 4.69) is 4.98 Å². The first-order chi connectivity index (χ1) is 16.1. The monoisotopic (exact) mass is 503 g/mol. The van der Waals surface area contributed by atoms with Crippen LogP contribution in [0.2, 0.25) is 5.02 Å². The highest BCUT2D eigenvalue weighted by Gasteiger charge is 2.32. The average Bonchev–Trinajstić information content (AvgIpc) is 3.20. The van der Waals surface area contributed by atoms with Gasteiger partial charge in [0.2, 0.25) is 5.88 Å². The highest BCUT2D eigenvalue weighted by atomic mass is 35.5. The Morgan fingerprint density at radius 3 is 2.62 bits per heavy atom. The van der Waals surface area contributed by atoms with E-state index in [1.807, 2.05) is 6.92 Å². The zero-order valence-electron chi connectivity index (χ0n) is 18.7. The van der Waals surface area contributed by atoms with Crippen LogP contribution in [0.25, 0.3) is 0 Å². The molecule has 186 valence electrons. The van der Waals surface area contributed by atoms with Gasteiger partial charge in [-0.2, -0.15) is 13.2 Å². The molecule has 0 aliphatic carbocycles. The third-order valence-electron chi connectivity index (χ3n) is 5.01. The quantitative estimate of drug-likeness (QED) is 0.392. The first-order valence-electron chi connectivity index (χ1n) is 10.7. The Hall–Kier alpha value is -2.56. The highest BCUT2D eigenvalue weighted by molar-refractivity contribution is 6.31. The molecule has 1 aliphatic heterocycles. The molecule has 0 saturated carbocycles. The normalized spacial score (nSPS) is 15.2. The van der Waals surface area contributed by atoms with Gasteiger partial charge in [0, 0.05) is 25.1 Å². The van der Waals surface area contributed by atoms with E-state index in [9.17, 15) is 18.0 Å². The number of pyridine rings is 1. The summed E-state index contributed by atoms with van der Waals surface area (Å²) in [5.74, 6) is -0.611. The number of nitrogens with zero attached hydrogens (tertiary/aromatic N) is 1. The maximum Gasteiger partial charge on any atom is 0.417 e. The Morgan fingerprint density at radius 1 is 1.24 bits per heavy atom. The minimum Gasteiger partial charge on any atom is -0.493 e. The van der Waals surface area contributed by atoms with Crippen molar-refractivity contribution in [2.75, 3.05) is 26.4 Å². The van der Waals surface area contributed by atoms with Crippen LogP contribution in [-0.2, 0) is 31.6 Å². The Kier molecular flexibility index (Phi) is 8.62. The van der Waals surface area contributed by atoms with Crippen molar-refractivity contribution < 1.29 is 41.7 Å². The molecule has 0 radical (unpaired) electrons. The fraction of sp³-hybridized carbons (Fsp3) is 0.478. The number of benzene rings is 1. The molecule has 0 bridgehead atoms. The fourth-order valence-corrected chi connectivity index (χ4v) is 3.42. The number of carbonyl (C=O) groups excluding carboxylic acids is 1. The Bertz CT molecular complexity index is 995. The molecule has 1 fully saturated rings. The van der Waals surface area contributed by atoms with Crippen LogP contribution in [0.15, 0.2) is 30.5 Å². The van der Waals surface area contributed by atoms with Crippen molar-refractivity contribution in [3.63, 3.8) is 0 Å². The predicted octanol–water partition coefficient (Wildman–Crippen LogP) is 5.57. The van der Waals surface area contributed by atoms with Crippen LogP contribution in [-0.4, -0.2) is 43.2 Å². The molecule has 2 heterocycles. The van der Waals surface area contributed by atoms with Gasteiger partial charge < -0.3 is 23.7 Å². The lowest BCUT2D eigenvalue weighted by atomic mass is 10.1. The summed E-state index contributed by atoms with van der Waals surface area (Å²) in [5, 5.41) is -0.305. The van der Waals surface area contributed by atoms with Gasteiger partial charge >= 0.3 is 12.1 Å². The fourth-order valence-electron chi connectivity index (χ4n) is 3.21. The van der Waals surface area contributed by atoms with Crippen molar-refractivity contribution in [1.29, 1.82) is 0 Å². The number of ether oxygens (including phenoxy) is 5. The van der Waals surface area contributed by atoms with Gasteiger partial charge in [-0.15, -0.1) is 0 Å². The van der Waals surface area contributed by atoms with Gasteiger partial charge in [-0.1, -0.05) is 17.7 Å². The number of esters is 1. The standard InChI is InChI=1S/C23H25ClF3NO6/c1-3-30-20(29)7-5-15-4-6-17(31-9-8-22(2)32-10-11-33-22)13-19(15)34-21-18(24)12-16(14-28-21)23(25,26)27/h4,6,12-14H,3,5,7-11H2,1-2H3. The zero-order valence-corrected chi connectivity index (χ0v) is 19.5. The van der Waals surface area contributed by atoms with E-state index < -0.39 is 17.5 Å². The van der Waals surface area contributed by atoms with Crippen molar-refractivity contribution in [3.8, 4) is 17.4 Å². The zero-order chi connectivity index (χ0) is 24.8. The van der Waals surface area contributed by atoms with Gasteiger partial charge in [0.05, 0.1) is 32.0 Å². The van der Waals surface area contributed by atoms with E-state index in [4.69, 9.17) is 35.3 Å². The van der Waals surface area contributed by atoms with Gasteiger partial charge in [0.15, 0.2) is 5.79 Å². The molecule has 1 aromatic heterocycles. The van der Waals surface area contributed by atoms with Crippen molar-refractivity contribution in [1.82, 2.24) is 4.98 Å². The summed E-state index contributed by atoms with van der Waals surface area (Å²) in [6.07, 6.45) is -3.10. The lowest BCUT2D eigenvalue weighted by molar-refractivity contribution is -0.150. The van der Waals surface area contributed by atoms with Gasteiger partial charge in [0.25, 0.3) is 0 Å². The van der Waals surface area contributed by atoms with E-state index in [0.717, 1.165) is 6.07 Å². The van der Waals surface area contributed by atoms with Crippen LogP contribution in [0, 0.1) is 0 Å². The number of alkyl halides is 3. The van der Waals surface area contributed by atoms with Crippen molar-refractivity contribution in [2.24, 2.45) is 0 Å². The molecule has 0 atom stereocenters. The predicted molar refractivity (Wildman–Crippen MR) is 116 cm³/mol. The van der Waals surface area contributed by atoms with E-state index in [0.29, 0.717) is 37.1 Å². The van der Waals surface area contributed by atoms with Gasteiger partial charge in [-0.25, -0.2) is 4.98 Å². The number of rotatable bonds is 10. The van der Waals surface area contributed by atoms with Crippen LogP contribution in [0.1, 0.15) is 37.8 Å². The molecule has 0 amide bonds. The second kappa shape index (κ2) is 11.2.